The van der Waals surface area contributed by atoms with Crippen LogP contribution >= 0.6 is 0 Å². The molecule has 3 aromatic carbocycles. The van der Waals surface area contributed by atoms with Crippen LogP contribution in [0.1, 0.15) is 49.7 Å². The maximum Gasteiger partial charge on any atom is 0.337 e. The van der Waals surface area contributed by atoms with Gasteiger partial charge < -0.3 is 19.2 Å². The number of allylic oxidation sites excluding steroid dienone is 1. The number of hydrogen-bond acceptors (Lipinski definition) is 7. The molecule has 0 fully saturated rings. The summed E-state index contributed by atoms with van der Waals surface area (Å²) in [6.45, 7) is 0. The number of rotatable bonds is 3. The van der Waals surface area contributed by atoms with E-state index >= 15 is 0 Å². The molecular formula is C29H19NO7. The first-order valence-electron chi connectivity index (χ1n) is 11.5. The predicted molar refractivity (Wildman–Crippen MR) is 134 cm³/mol. The summed E-state index contributed by atoms with van der Waals surface area (Å²) < 4.78 is 16.2. The van der Waals surface area contributed by atoms with Crippen LogP contribution in [0.5, 0.6) is 11.5 Å². The first kappa shape index (κ1) is 22.5. The molecule has 1 atom stereocenters. The molecule has 0 saturated heterocycles. The molecule has 0 radical (unpaired) electrons. The number of aromatic nitrogens is 1. The third kappa shape index (κ3) is 3.79. The Bertz CT molecular complexity index is 1710. The van der Waals surface area contributed by atoms with Crippen molar-refractivity contribution in [1.29, 1.82) is 0 Å². The van der Waals surface area contributed by atoms with Crippen molar-refractivity contribution in [1.82, 2.24) is 4.98 Å². The molecule has 3 heterocycles. The Labute approximate surface area is 210 Å². The number of fused-ring (bicyclic) bond motifs is 4. The number of pyridine rings is 1. The highest BCUT2D eigenvalue weighted by atomic mass is 16.5. The van der Waals surface area contributed by atoms with Crippen molar-refractivity contribution in [3.05, 3.63) is 111 Å². The van der Waals surface area contributed by atoms with E-state index in [1.54, 1.807) is 54.6 Å². The Morgan fingerprint density at radius 3 is 2.57 bits per heavy atom. The number of methoxy groups -OCH3 is 1. The van der Waals surface area contributed by atoms with Crippen LogP contribution in [0.2, 0.25) is 0 Å². The minimum Gasteiger partial charge on any atom is -0.465 e. The molecule has 1 aromatic heterocycles. The van der Waals surface area contributed by atoms with Crippen LogP contribution in [0.3, 0.4) is 0 Å². The van der Waals surface area contributed by atoms with Crippen LogP contribution < -0.4 is 15.0 Å². The summed E-state index contributed by atoms with van der Waals surface area (Å²) in [5.74, 6) is -1.33. The molecule has 0 amide bonds. The van der Waals surface area contributed by atoms with Gasteiger partial charge in [0.25, 0.3) is 5.56 Å². The van der Waals surface area contributed by atoms with E-state index in [0.717, 1.165) is 5.39 Å². The average Bonchev–Trinajstić information content (AvgIpc) is 3.22. The molecule has 8 nitrogen and oxygen atoms in total. The lowest BCUT2D eigenvalue weighted by atomic mass is 9.85. The van der Waals surface area contributed by atoms with Crippen molar-refractivity contribution >= 4 is 34.7 Å². The highest BCUT2D eigenvalue weighted by Crippen LogP contribution is 2.48. The van der Waals surface area contributed by atoms with E-state index in [2.05, 4.69) is 4.98 Å². The number of esters is 2. The molecule has 37 heavy (non-hydrogen) atoms. The third-order valence-corrected chi connectivity index (χ3v) is 6.57. The van der Waals surface area contributed by atoms with Crippen LogP contribution in [-0.4, -0.2) is 29.8 Å². The van der Waals surface area contributed by atoms with Gasteiger partial charge in [0.15, 0.2) is 5.76 Å². The highest BCUT2D eigenvalue weighted by molar-refractivity contribution is 6.15. The van der Waals surface area contributed by atoms with Gasteiger partial charge in [0.2, 0.25) is 5.78 Å². The van der Waals surface area contributed by atoms with Gasteiger partial charge in [-0.25, -0.2) is 4.79 Å². The van der Waals surface area contributed by atoms with Gasteiger partial charge >= 0.3 is 11.9 Å². The van der Waals surface area contributed by atoms with Crippen molar-refractivity contribution in [3.63, 3.8) is 0 Å². The summed E-state index contributed by atoms with van der Waals surface area (Å²) >= 11 is 0. The summed E-state index contributed by atoms with van der Waals surface area (Å²) in [5, 5.41) is 0.818. The van der Waals surface area contributed by atoms with Crippen molar-refractivity contribution in [2.24, 2.45) is 0 Å². The van der Waals surface area contributed by atoms with Crippen LogP contribution in [0, 0.1) is 0 Å². The zero-order chi connectivity index (χ0) is 25.7. The summed E-state index contributed by atoms with van der Waals surface area (Å²) in [6.07, 6.45) is 1.50. The lowest BCUT2D eigenvalue weighted by Gasteiger charge is -2.26. The fraction of sp³-hybridized carbons (Fsp3) is 0.103. The molecule has 0 saturated carbocycles. The maximum absolute atomic E-state index is 13.2. The van der Waals surface area contributed by atoms with E-state index < -0.39 is 17.9 Å². The Balaban J connectivity index is 1.43. The number of ketones is 1. The Hall–Kier alpha value is -4.98. The monoisotopic (exact) mass is 493 g/mol. The lowest BCUT2D eigenvalue weighted by molar-refractivity contribution is -0.135. The van der Waals surface area contributed by atoms with Gasteiger partial charge in [-0.3, -0.25) is 14.4 Å². The van der Waals surface area contributed by atoms with Gasteiger partial charge in [0, 0.05) is 22.6 Å². The second-order valence-corrected chi connectivity index (χ2v) is 8.78. The van der Waals surface area contributed by atoms with Crippen LogP contribution in [0.15, 0.2) is 77.3 Å². The number of carbonyl (C=O) groups excluding carboxylic acids is 3. The third-order valence-electron chi connectivity index (χ3n) is 6.57. The Kier molecular flexibility index (Phi) is 5.22. The number of Topliss-reactive ketones (excluding diaryl/α,β-unsaturated/α-hetero) is 1. The molecule has 6 rings (SSSR count). The number of ether oxygens (including phenoxy) is 3. The first-order chi connectivity index (χ1) is 17.9. The summed E-state index contributed by atoms with van der Waals surface area (Å²) in [5.41, 5.74) is 2.57. The molecule has 0 bridgehead atoms. The molecule has 182 valence electrons. The Morgan fingerprint density at radius 2 is 1.78 bits per heavy atom. The molecule has 4 aromatic rings. The van der Waals surface area contributed by atoms with Crippen molar-refractivity contribution in [2.75, 3.05) is 7.11 Å². The minimum absolute atomic E-state index is 0.0730. The molecular weight excluding hydrogens is 474 g/mol. The molecule has 1 N–H and O–H groups in total. The van der Waals surface area contributed by atoms with Crippen molar-refractivity contribution < 1.29 is 28.6 Å². The van der Waals surface area contributed by atoms with E-state index in [1.807, 2.05) is 18.2 Å². The smallest absolute Gasteiger partial charge is 0.337 e. The summed E-state index contributed by atoms with van der Waals surface area (Å²) in [6, 6.07) is 18.8. The van der Waals surface area contributed by atoms with E-state index in [1.165, 1.54) is 7.11 Å². The molecule has 2 aliphatic rings. The van der Waals surface area contributed by atoms with Crippen LogP contribution in [0.25, 0.3) is 17.0 Å². The number of para-hydroxylation sites is 1. The zero-order valence-corrected chi connectivity index (χ0v) is 19.6. The molecule has 0 aliphatic carbocycles. The zero-order valence-electron chi connectivity index (χ0n) is 19.6. The van der Waals surface area contributed by atoms with E-state index in [4.69, 9.17) is 14.2 Å². The molecule has 8 heteroatoms. The largest absolute Gasteiger partial charge is 0.465 e. The van der Waals surface area contributed by atoms with Gasteiger partial charge in [-0.05, 0) is 53.4 Å². The molecule has 2 aliphatic heterocycles. The average molecular weight is 493 g/mol. The number of aromatic amines is 1. The quantitative estimate of drug-likeness (QED) is 0.256. The fourth-order valence-corrected chi connectivity index (χ4v) is 4.78. The van der Waals surface area contributed by atoms with Gasteiger partial charge in [0.1, 0.15) is 11.5 Å². The standard InChI is InChI=1S/C29H19NO7/c1-35-29(34)16-8-6-15(7-9-16)12-23-26(32)18-10-11-22-25(27(18)37-23)19(14-24(31)36-22)20-13-17-4-2-3-5-21(17)30-28(20)33/h2-13,19H,14H2,1H3,(H,30,33)/b23-12-. The SMILES string of the molecule is COC(=O)c1ccc(/C=C2\Oc3c(ccc4c3C(c3cc5ccccc5[nH]c3=O)CC(=O)O4)C2=O)cc1. The molecule has 1 unspecified atom stereocenters. The van der Waals surface area contributed by atoms with Gasteiger partial charge in [-0.15, -0.1) is 0 Å². The second-order valence-electron chi connectivity index (χ2n) is 8.78. The van der Waals surface area contributed by atoms with Crippen molar-refractivity contribution in [2.45, 2.75) is 12.3 Å². The van der Waals surface area contributed by atoms with Gasteiger partial charge in [-0.2, -0.15) is 0 Å². The van der Waals surface area contributed by atoms with E-state index in [-0.39, 0.29) is 35.0 Å². The second kappa shape index (κ2) is 8.60. The Morgan fingerprint density at radius 1 is 1.00 bits per heavy atom. The first-order valence-corrected chi connectivity index (χ1v) is 11.5. The summed E-state index contributed by atoms with van der Waals surface area (Å²) in [7, 11) is 1.30. The number of nitrogens with one attached hydrogen (secondary N) is 1. The van der Waals surface area contributed by atoms with E-state index in [9.17, 15) is 19.2 Å². The topological polar surface area (TPSA) is 112 Å². The normalized spacial score (nSPS) is 17.2. The number of benzene rings is 3. The lowest BCUT2D eigenvalue weighted by Crippen LogP contribution is -2.26. The van der Waals surface area contributed by atoms with Crippen LogP contribution in [0.4, 0.5) is 0 Å². The summed E-state index contributed by atoms with van der Waals surface area (Å²) in [4.78, 5) is 53.3. The van der Waals surface area contributed by atoms with Crippen molar-refractivity contribution in [3.8, 4) is 11.5 Å². The maximum atomic E-state index is 13.2. The fourth-order valence-electron chi connectivity index (χ4n) is 4.78. The van der Waals surface area contributed by atoms with Crippen LogP contribution in [-0.2, 0) is 9.53 Å². The number of hydrogen-bond donors (Lipinski definition) is 1. The molecule has 0 spiro atoms. The van der Waals surface area contributed by atoms with Gasteiger partial charge in [-0.1, -0.05) is 30.3 Å². The minimum atomic E-state index is -0.661. The number of carbonyl (C=O) groups is 3. The predicted octanol–water partition coefficient (Wildman–Crippen LogP) is 4.37. The number of H-pyrrole nitrogens is 1. The highest BCUT2D eigenvalue weighted by Gasteiger charge is 2.39. The van der Waals surface area contributed by atoms with E-state index in [0.29, 0.717) is 33.3 Å². The van der Waals surface area contributed by atoms with Gasteiger partial charge in [0.05, 0.1) is 24.7 Å².